The van der Waals surface area contributed by atoms with E-state index in [4.69, 9.17) is 11.6 Å². The number of nitrogens with zero attached hydrogens (tertiary/aromatic N) is 3. The van der Waals surface area contributed by atoms with Gasteiger partial charge in [0.1, 0.15) is 11.4 Å². The molecule has 6 nitrogen and oxygen atoms in total. The van der Waals surface area contributed by atoms with Crippen molar-refractivity contribution in [2.75, 3.05) is 0 Å². The fourth-order valence-corrected chi connectivity index (χ4v) is 3.44. The summed E-state index contributed by atoms with van der Waals surface area (Å²) in [6.07, 6.45) is 5.48. The van der Waals surface area contributed by atoms with Crippen molar-refractivity contribution in [2.45, 2.75) is 38.0 Å². The second-order valence-electron chi connectivity index (χ2n) is 6.14. The summed E-state index contributed by atoms with van der Waals surface area (Å²) in [6.45, 7) is 0. The predicted octanol–water partition coefficient (Wildman–Crippen LogP) is 6.42. The van der Waals surface area contributed by atoms with E-state index < -0.39 is 4.92 Å². The summed E-state index contributed by atoms with van der Waals surface area (Å²) in [7, 11) is 0. The van der Waals surface area contributed by atoms with Gasteiger partial charge in [-0.25, -0.2) is 0 Å². The van der Waals surface area contributed by atoms with Gasteiger partial charge in [0.15, 0.2) is 5.69 Å². The highest BCUT2D eigenvalue weighted by molar-refractivity contribution is 6.31. The molecule has 3 rings (SSSR count). The summed E-state index contributed by atoms with van der Waals surface area (Å²) in [5.74, 6) is 0.311. The van der Waals surface area contributed by atoms with Crippen LogP contribution in [0.3, 0.4) is 0 Å². The fraction of sp³-hybridized carbons (Fsp3) is 0.333. The van der Waals surface area contributed by atoms with E-state index in [9.17, 15) is 15.2 Å². The standard InChI is InChI=1S/C18H18ClN3O3/c19-13-10-14(12-6-2-1-3-7-12)18(23)16(11-13)21-20-15-8-4-5-9-17(15)22(24)25/h4-5,8-12,23H,1-3,6-7H2. The average Bonchev–Trinajstić information content (AvgIpc) is 2.63. The Kier molecular flexibility index (Phi) is 5.28. The number of hydrogen-bond donors (Lipinski definition) is 1. The number of para-hydroxylation sites is 1. The lowest BCUT2D eigenvalue weighted by Gasteiger charge is -2.23. The highest BCUT2D eigenvalue weighted by Gasteiger charge is 2.21. The Balaban J connectivity index is 1.95. The molecule has 1 N–H and O–H groups in total. The number of halogens is 1. The van der Waals surface area contributed by atoms with Crippen LogP contribution in [-0.2, 0) is 0 Å². The van der Waals surface area contributed by atoms with Gasteiger partial charge in [-0.15, -0.1) is 10.2 Å². The summed E-state index contributed by atoms with van der Waals surface area (Å²) >= 11 is 6.18. The molecular formula is C18H18ClN3O3. The van der Waals surface area contributed by atoms with Crippen molar-refractivity contribution < 1.29 is 10.0 Å². The number of nitro groups is 1. The van der Waals surface area contributed by atoms with E-state index >= 15 is 0 Å². The van der Waals surface area contributed by atoms with Crippen LogP contribution in [0, 0.1) is 10.1 Å². The SMILES string of the molecule is O=[N+]([O-])c1ccccc1N=Nc1cc(Cl)cc(C2CCCCC2)c1O. The molecule has 2 aromatic rings. The maximum absolute atomic E-state index is 11.0. The first-order valence-corrected chi connectivity index (χ1v) is 8.61. The van der Waals surface area contributed by atoms with Crippen molar-refractivity contribution in [3.63, 3.8) is 0 Å². The van der Waals surface area contributed by atoms with E-state index in [1.807, 2.05) is 0 Å². The quantitative estimate of drug-likeness (QED) is 0.388. The number of phenolic OH excluding ortho intramolecular Hbond substituents is 1. The Hall–Kier alpha value is -2.47. The minimum atomic E-state index is -0.514. The molecular weight excluding hydrogens is 342 g/mol. The summed E-state index contributed by atoms with van der Waals surface area (Å²) in [6, 6.07) is 9.37. The molecule has 0 unspecified atom stereocenters. The summed E-state index contributed by atoms with van der Waals surface area (Å²) in [5, 5.41) is 30.1. The van der Waals surface area contributed by atoms with Crippen LogP contribution in [0.25, 0.3) is 0 Å². The molecule has 1 aliphatic rings. The van der Waals surface area contributed by atoms with Crippen molar-refractivity contribution in [3.05, 3.63) is 57.1 Å². The molecule has 0 bridgehead atoms. The van der Waals surface area contributed by atoms with Crippen LogP contribution in [0.15, 0.2) is 46.6 Å². The van der Waals surface area contributed by atoms with Gasteiger partial charge in [0.2, 0.25) is 0 Å². The van der Waals surface area contributed by atoms with Crippen molar-refractivity contribution in [3.8, 4) is 5.75 Å². The molecule has 1 saturated carbocycles. The van der Waals surface area contributed by atoms with Crippen LogP contribution in [0.2, 0.25) is 5.02 Å². The van der Waals surface area contributed by atoms with Gasteiger partial charge < -0.3 is 5.11 Å². The third kappa shape index (κ3) is 3.96. The zero-order valence-electron chi connectivity index (χ0n) is 13.6. The normalized spacial score (nSPS) is 15.6. The van der Waals surface area contributed by atoms with E-state index in [1.54, 1.807) is 18.2 Å². The van der Waals surface area contributed by atoms with Crippen molar-refractivity contribution in [1.82, 2.24) is 0 Å². The monoisotopic (exact) mass is 359 g/mol. The number of aromatic hydroxyl groups is 1. The lowest BCUT2D eigenvalue weighted by molar-refractivity contribution is -0.384. The molecule has 1 fully saturated rings. The molecule has 0 spiro atoms. The predicted molar refractivity (Wildman–Crippen MR) is 96.2 cm³/mol. The minimum absolute atomic E-state index is 0.0543. The second kappa shape index (κ2) is 7.61. The van der Waals surface area contributed by atoms with Crippen molar-refractivity contribution >= 4 is 28.7 Å². The second-order valence-corrected chi connectivity index (χ2v) is 6.58. The van der Waals surface area contributed by atoms with Gasteiger partial charge in [-0.05, 0) is 37.0 Å². The zero-order valence-corrected chi connectivity index (χ0v) is 14.3. The molecule has 0 saturated heterocycles. The fourth-order valence-electron chi connectivity index (χ4n) is 3.22. The lowest BCUT2D eigenvalue weighted by Crippen LogP contribution is -2.04. The third-order valence-electron chi connectivity index (χ3n) is 4.47. The van der Waals surface area contributed by atoms with Gasteiger partial charge in [0, 0.05) is 16.7 Å². The first kappa shape index (κ1) is 17.4. The van der Waals surface area contributed by atoms with E-state index in [0.717, 1.165) is 31.2 Å². The topological polar surface area (TPSA) is 88.1 Å². The molecule has 0 atom stereocenters. The van der Waals surface area contributed by atoms with Gasteiger partial charge in [-0.1, -0.05) is 43.0 Å². The third-order valence-corrected chi connectivity index (χ3v) is 4.69. The Labute approximate surface area is 150 Å². The first-order valence-electron chi connectivity index (χ1n) is 8.24. The molecule has 0 heterocycles. The number of azo groups is 1. The Morgan fingerprint density at radius 1 is 1.08 bits per heavy atom. The van der Waals surface area contributed by atoms with Crippen LogP contribution in [-0.4, -0.2) is 10.0 Å². The van der Waals surface area contributed by atoms with E-state index in [1.165, 1.54) is 24.6 Å². The van der Waals surface area contributed by atoms with Crippen molar-refractivity contribution in [2.24, 2.45) is 10.2 Å². The highest BCUT2D eigenvalue weighted by Crippen LogP contribution is 2.43. The minimum Gasteiger partial charge on any atom is -0.505 e. The van der Waals surface area contributed by atoms with Crippen LogP contribution < -0.4 is 0 Å². The Morgan fingerprint density at radius 3 is 2.48 bits per heavy atom. The summed E-state index contributed by atoms with van der Waals surface area (Å²) in [5.41, 5.74) is 1.00. The molecule has 0 aromatic heterocycles. The van der Waals surface area contributed by atoms with E-state index in [-0.39, 0.29) is 28.7 Å². The molecule has 2 aromatic carbocycles. The van der Waals surface area contributed by atoms with Gasteiger partial charge >= 0.3 is 0 Å². The smallest absolute Gasteiger partial charge is 0.296 e. The number of nitro benzene ring substituents is 1. The maximum atomic E-state index is 11.0. The molecule has 7 heteroatoms. The maximum Gasteiger partial charge on any atom is 0.296 e. The van der Waals surface area contributed by atoms with Gasteiger partial charge in [0.05, 0.1) is 4.92 Å². The first-order chi connectivity index (χ1) is 12.1. The number of phenols is 1. The van der Waals surface area contributed by atoms with E-state index in [2.05, 4.69) is 10.2 Å². The largest absolute Gasteiger partial charge is 0.505 e. The van der Waals surface area contributed by atoms with Gasteiger partial charge in [0.25, 0.3) is 5.69 Å². The molecule has 25 heavy (non-hydrogen) atoms. The molecule has 0 aliphatic heterocycles. The molecule has 0 radical (unpaired) electrons. The van der Waals surface area contributed by atoms with Gasteiger partial charge in [-0.2, -0.15) is 0 Å². The van der Waals surface area contributed by atoms with Crippen LogP contribution in [0.4, 0.5) is 17.1 Å². The molecule has 130 valence electrons. The van der Waals surface area contributed by atoms with E-state index in [0.29, 0.717) is 5.02 Å². The van der Waals surface area contributed by atoms with Crippen LogP contribution in [0.1, 0.15) is 43.6 Å². The number of benzene rings is 2. The summed E-state index contributed by atoms with van der Waals surface area (Å²) < 4.78 is 0. The van der Waals surface area contributed by atoms with Gasteiger partial charge in [-0.3, -0.25) is 10.1 Å². The number of rotatable bonds is 4. The summed E-state index contributed by atoms with van der Waals surface area (Å²) in [4.78, 5) is 10.5. The zero-order chi connectivity index (χ0) is 17.8. The number of hydrogen-bond acceptors (Lipinski definition) is 5. The molecule has 1 aliphatic carbocycles. The Morgan fingerprint density at radius 2 is 1.76 bits per heavy atom. The van der Waals surface area contributed by atoms with Crippen molar-refractivity contribution in [1.29, 1.82) is 0 Å². The highest BCUT2D eigenvalue weighted by atomic mass is 35.5. The average molecular weight is 360 g/mol. The van der Waals surface area contributed by atoms with Crippen LogP contribution >= 0.6 is 11.6 Å². The van der Waals surface area contributed by atoms with Crippen LogP contribution in [0.5, 0.6) is 5.75 Å². The lowest BCUT2D eigenvalue weighted by atomic mass is 9.83. The Bertz CT molecular complexity index is 817. The molecule has 0 amide bonds.